The van der Waals surface area contributed by atoms with Gasteiger partial charge in [-0.15, -0.1) is 11.3 Å². The Morgan fingerprint density at radius 3 is 2.74 bits per heavy atom. The molecule has 0 amide bonds. The van der Waals surface area contributed by atoms with Crippen molar-refractivity contribution >= 4 is 39.7 Å². The Balaban J connectivity index is 2.12. The number of nitrogens with zero attached hydrogens (tertiary/aromatic N) is 2. The van der Waals surface area contributed by atoms with Gasteiger partial charge in [-0.25, -0.2) is 4.98 Å². The van der Waals surface area contributed by atoms with Gasteiger partial charge in [-0.3, -0.25) is 4.90 Å². The fraction of sp³-hybridized carbons (Fsp3) is 0.308. The van der Waals surface area contributed by atoms with E-state index in [0.29, 0.717) is 15.2 Å². The van der Waals surface area contributed by atoms with E-state index in [4.69, 9.17) is 28.9 Å². The number of nitrogens with two attached hydrogens (primary N) is 1. The number of benzene rings is 1. The van der Waals surface area contributed by atoms with Gasteiger partial charge in [0.15, 0.2) is 5.13 Å². The minimum Gasteiger partial charge on any atom is -0.375 e. The second kappa shape index (κ2) is 6.09. The highest BCUT2D eigenvalue weighted by Gasteiger charge is 2.16. The quantitative estimate of drug-likeness (QED) is 0.918. The number of rotatable bonds is 4. The molecule has 0 aliphatic carbocycles. The van der Waals surface area contributed by atoms with E-state index in [1.165, 1.54) is 11.3 Å². The molecule has 0 saturated heterocycles. The molecule has 1 aromatic carbocycles. The second-order valence-electron chi connectivity index (χ2n) is 4.42. The van der Waals surface area contributed by atoms with Crippen molar-refractivity contribution in [1.29, 1.82) is 0 Å². The average Bonchev–Trinajstić information content (AvgIpc) is 2.74. The van der Waals surface area contributed by atoms with Crippen LogP contribution in [0.2, 0.25) is 10.0 Å². The first-order valence-electron chi connectivity index (χ1n) is 5.82. The lowest BCUT2D eigenvalue weighted by molar-refractivity contribution is 0.255. The van der Waals surface area contributed by atoms with Crippen LogP contribution in [0.1, 0.15) is 23.4 Å². The van der Waals surface area contributed by atoms with Gasteiger partial charge >= 0.3 is 0 Å². The van der Waals surface area contributed by atoms with Crippen LogP contribution in [-0.2, 0) is 6.54 Å². The van der Waals surface area contributed by atoms with Crippen LogP contribution in [0.3, 0.4) is 0 Å². The molecule has 0 spiro atoms. The van der Waals surface area contributed by atoms with Crippen molar-refractivity contribution in [3.05, 3.63) is 44.9 Å². The Labute approximate surface area is 127 Å². The number of halogens is 2. The first-order valence-corrected chi connectivity index (χ1v) is 7.40. The number of hydrogen-bond donors (Lipinski definition) is 1. The Morgan fingerprint density at radius 2 is 2.16 bits per heavy atom. The Bertz CT molecular complexity index is 571. The molecule has 1 unspecified atom stereocenters. The summed E-state index contributed by atoms with van der Waals surface area (Å²) in [6.07, 6.45) is 1.81. The lowest BCUT2D eigenvalue weighted by Crippen LogP contribution is -2.21. The summed E-state index contributed by atoms with van der Waals surface area (Å²) in [6.45, 7) is 2.90. The van der Waals surface area contributed by atoms with Crippen LogP contribution >= 0.6 is 34.5 Å². The molecule has 19 heavy (non-hydrogen) atoms. The van der Waals surface area contributed by atoms with Crippen molar-refractivity contribution in [2.24, 2.45) is 0 Å². The maximum atomic E-state index is 6.23. The lowest BCUT2D eigenvalue weighted by atomic mass is 10.1. The smallest absolute Gasteiger partial charge is 0.180 e. The van der Waals surface area contributed by atoms with Crippen molar-refractivity contribution in [1.82, 2.24) is 9.88 Å². The van der Waals surface area contributed by atoms with Crippen LogP contribution in [-0.4, -0.2) is 16.9 Å². The highest BCUT2D eigenvalue weighted by Crippen LogP contribution is 2.30. The van der Waals surface area contributed by atoms with Crippen molar-refractivity contribution in [2.75, 3.05) is 12.8 Å². The Hall–Kier alpha value is -0.810. The van der Waals surface area contributed by atoms with E-state index in [9.17, 15) is 0 Å². The third-order valence-electron chi connectivity index (χ3n) is 3.05. The highest BCUT2D eigenvalue weighted by atomic mass is 35.5. The molecule has 1 heterocycles. The summed E-state index contributed by atoms with van der Waals surface area (Å²) in [5.41, 5.74) is 6.70. The van der Waals surface area contributed by atoms with Gasteiger partial charge in [0, 0.05) is 33.7 Å². The van der Waals surface area contributed by atoms with Crippen LogP contribution in [0, 0.1) is 0 Å². The van der Waals surface area contributed by atoms with Gasteiger partial charge in [-0.1, -0.05) is 29.3 Å². The normalized spacial score (nSPS) is 12.9. The summed E-state index contributed by atoms with van der Waals surface area (Å²) in [5, 5.41) is 1.94. The summed E-state index contributed by atoms with van der Waals surface area (Å²) in [4.78, 5) is 7.39. The molecule has 2 rings (SSSR count). The molecule has 0 fully saturated rings. The molecular formula is C13H15Cl2N3S. The van der Waals surface area contributed by atoms with Crippen LogP contribution in [0.5, 0.6) is 0 Å². The second-order valence-corrected chi connectivity index (χ2v) is 6.41. The highest BCUT2D eigenvalue weighted by molar-refractivity contribution is 7.15. The van der Waals surface area contributed by atoms with E-state index >= 15 is 0 Å². The van der Waals surface area contributed by atoms with Gasteiger partial charge in [-0.2, -0.15) is 0 Å². The summed E-state index contributed by atoms with van der Waals surface area (Å²) >= 11 is 13.7. The van der Waals surface area contributed by atoms with E-state index in [2.05, 4.69) is 16.8 Å². The van der Waals surface area contributed by atoms with Crippen LogP contribution in [0.15, 0.2) is 24.4 Å². The van der Waals surface area contributed by atoms with E-state index in [-0.39, 0.29) is 6.04 Å². The maximum Gasteiger partial charge on any atom is 0.180 e. The maximum absolute atomic E-state index is 6.23. The fourth-order valence-electron chi connectivity index (χ4n) is 1.86. The summed E-state index contributed by atoms with van der Waals surface area (Å²) in [5.74, 6) is 0. The Morgan fingerprint density at radius 1 is 1.42 bits per heavy atom. The molecule has 0 saturated carbocycles. The molecule has 1 aromatic heterocycles. The van der Waals surface area contributed by atoms with Crippen molar-refractivity contribution < 1.29 is 0 Å². The molecule has 1 atom stereocenters. The number of thiazole rings is 1. The minimum atomic E-state index is 0.188. The molecule has 2 aromatic rings. The van der Waals surface area contributed by atoms with E-state index in [1.807, 2.05) is 25.4 Å². The van der Waals surface area contributed by atoms with E-state index in [0.717, 1.165) is 17.0 Å². The predicted octanol–water partition coefficient (Wildman–Crippen LogP) is 4.23. The molecule has 102 valence electrons. The number of anilines is 1. The van der Waals surface area contributed by atoms with Gasteiger partial charge in [0.25, 0.3) is 0 Å². The van der Waals surface area contributed by atoms with Crippen molar-refractivity contribution in [3.63, 3.8) is 0 Å². The summed E-state index contributed by atoms with van der Waals surface area (Å²) in [7, 11) is 2.05. The third-order valence-corrected chi connectivity index (χ3v) is 4.42. The lowest BCUT2D eigenvalue weighted by Gasteiger charge is -2.25. The zero-order valence-corrected chi connectivity index (χ0v) is 13.1. The monoisotopic (exact) mass is 315 g/mol. The van der Waals surface area contributed by atoms with E-state index < -0.39 is 0 Å². The number of aromatic nitrogens is 1. The molecule has 2 N–H and O–H groups in total. The van der Waals surface area contributed by atoms with Gasteiger partial charge < -0.3 is 5.73 Å². The van der Waals surface area contributed by atoms with E-state index in [1.54, 1.807) is 6.07 Å². The zero-order valence-electron chi connectivity index (χ0n) is 10.7. The SMILES string of the molecule is CC(c1ccc(Cl)cc1Cl)N(C)Cc1cnc(N)s1. The average molecular weight is 316 g/mol. The zero-order chi connectivity index (χ0) is 14.0. The van der Waals surface area contributed by atoms with Gasteiger partial charge in [0.05, 0.1) is 0 Å². The van der Waals surface area contributed by atoms with Crippen molar-refractivity contribution in [3.8, 4) is 0 Å². The van der Waals surface area contributed by atoms with Crippen molar-refractivity contribution in [2.45, 2.75) is 19.5 Å². The minimum absolute atomic E-state index is 0.188. The fourth-order valence-corrected chi connectivity index (χ4v) is 3.17. The number of nitrogen functional groups attached to an aromatic ring is 1. The standard InChI is InChI=1S/C13H15Cl2N3S/c1-8(11-4-3-9(14)5-12(11)15)18(2)7-10-6-17-13(16)19-10/h3-6,8H,7H2,1-2H3,(H2,16,17). The van der Waals surface area contributed by atoms with Crippen LogP contribution in [0.4, 0.5) is 5.13 Å². The van der Waals surface area contributed by atoms with Gasteiger partial charge in [0.1, 0.15) is 0 Å². The molecule has 3 nitrogen and oxygen atoms in total. The molecule has 0 radical (unpaired) electrons. The number of hydrogen-bond acceptors (Lipinski definition) is 4. The first-order chi connectivity index (χ1) is 8.97. The van der Waals surface area contributed by atoms with Crippen LogP contribution in [0.25, 0.3) is 0 Å². The topological polar surface area (TPSA) is 42.2 Å². The summed E-state index contributed by atoms with van der Waals surface area (Å²) < 4.78 is 0. The summed E-state index contributed by atoms with van der Waals surface area (Å²) in [6, 6.07) is 5.78. The molecule has 6 heteroatoms. The molecule has 0 bridgehead atoms. The third kappa shape index (κ3) is 3.60. The largest absolute Gasteiger partial charge is 0.375 e. The first kappa shape index (κ1) is 14.6. The predicted molar refractivity (Wildman–Crippen MR) is 82.9 cm³/mol. The molecule has 0 aliphatic heterocycles. The Kier molecular flexibility index (Phi) is 4.68. The van der Waals surface area contributed by atoms with Gasteiger partial charge in [-0.05, 0) is 31.7 Å². The molecule has 0 aliphatic rings. The molecular weight excluding hydrogens is 301 g/mol. The van der Waals surface area contributed by atoms with Gasteiger partial charge in [0.2, 0.25) is 0 Å². The van der Waals surface area contributed by atoms with Crippen LogP contribution < -0.4 is 5.73 Å².